The predicted molar refractivity (Wildman–Crippen MR) is 90.9 cm³/mol. The number of carbonyl (C=O) groups is 2. The van der Waals surface area contributed by atoms with Gasteiger partial charge in [-0.3, -0.25) is 14.6 Å². The van der Waals surface area contributed by atoms with Crippen LogP contribution in [0.1, 0.15) is 32.1 Å². The van der Waals surface area contributed by atoms with Crippen molar-refractivity contribution in [3.05, 3.63) is 53.1 Å². The number of aromatic nitrogens is 2. The van der Waals surface area contributed by atoms with Gasteiger partial charge in [0.15, 0.2) is 0 Å². The molecule has 1 saturated heterocycles. The predicted octanol–water partition coefficient (Wildman–Crippen LogP) is 1.64. The molecule has 126 valence electrons. The van der Waals surface area contributed by atoms with E-state index in [2.05, 4.69) is 4.98 Å². The highest BCUT2D eigenvalue weighted by molar-refractivity contribution is 5.96. The van der Waals surface area contributed by atoms with Crippen LogP contribution in [0.3, 0.4) is 0 Å². The minimum absolute atomic E-state index is 0.00349. The van der Waals surface area contributed by atoms with Crippen molar-refractivity contribution in [1.29, 1.82) is 0 Å². The Morgan fingerprint density at radius 3 is 2.00 bits per heavy atom. The molecular formula is C18H22N4O2. The molecule has 0 bridgehead atoms. The van der Waals surface area contributed by atoms with Gasteiger partial charge in [0, 0.05) is 62.6 Å². The monoisotopic (exact) mass is 326 g/mol. The first kappa shape index (κ1) is 16.2. The molecule has 0 unspecified atom stereocenters. The van der Waals surface area contributed by atoms with Gasteiger partial charge in [0.05, 0.1) is 5.56 Å². The quantitative estimate of drug-likeness (QED) is 0.843. The highest BCUT2D eigenvalue weighted by Crippen LogP contribution is 2.17. The summed E-state index contributed by atoms with van der Waals surface area (Å²) in [6.07, 6.45) is 3.24. The molecule has 0 aromatic carbocycles. The van der Waals surface area contributed by atoms with E-state index in [0.717, 1.165) is 17.0 Å². The molecule has 0 radical (unpaired) electrons. The molecule has 6 nitrogen and oxygen atoms in total. The zero-order valence-electron chi connectivity index (χ0n) is 14.3. The fourth-order valence-corrected chi connectivity index (χ4v) is 3.03. The second-order valence-corrected chi connectivity index (χ2v) is 6.16. The smallest absolute Gasteiger partial charge is 0.255 e. The average Bonchev–Trinajstić information content (AvgIpc) is 2.89. The number of rotatable bonds is 2. The maximum Gasteiger partial charge on any atom is 0.255 e. The zero-order valence-corrected chi connectivity index (χ0v) is 14.3. The maximum atomic E-state index is 12.7. The summed E-state index contributed by atoms with van der Waals surface area (Å²) in [4.78, 5) is 32.7. The van der Waals surface area contributed by atoms with Crippen LogP contribution in [0.5, 0.6) is 0 Å². The van der Waals surface area contributed by atoms with Gasteiger partial charge < -0.3 is 14.4 Å². The van der Waals surface area contributed by atoms with E-state index in [1.165, 1.54) is 0 Å². The molecule has 1 aliphatic rings. The third kappa shape index (κ3) is 2.91. The molecular weight excluding hydrogens is 304 g/mol. The van der Waals surface area contributed by atoms with Crippen LogP contribution in [0.25, 0.3) is 0 Å². The third-order valence-corrected chi connectivity index (χ3v) is 4.79. The van der Waals surface area contributed by atoms with E-state index in [-0.39, 0.29) is 11.8 Å². The van der Waals surface area contributed by atoms with Gasteiger partial charge in [0.2, 0.25) is 0 Å². The minimum Gasteiger partial charge on any atom is -0.351 e. The Kier molecular flexibility index (Phi) is 4.38. The zero-order chi connectivity index (χ0) is 17.3. The summed E-state index contributed by atoms with van der Waals surface area (Å²) < 4.78 is 2.02. The Morgan fingerprint density at radius 1 is 0.958 bits per heavy atom. The largest absolute Gasteiger partial charge is 0.351 e. The molecule has 0 saturated carbocycles. The van der Waals surface area contributed by atoms with Gasteiger partial charge in [-0.25, -0.2) is 0 Å². The van der Waals surface area contributed by atoms with Gasteiger partial charge in [-0.2, -0.15) is 0 Å². The summed E-state index contributed by atoms with van der Waals surface area (Å²) in [7, 11) is 1.97. The molecule has 0 N–H and O–H groups in total. The number of nitrogens with zero attached hydrogens (tertiary/aromatic N) is 4. The number of hydrogen-bond acceptors (Lipinski definition) is 3. The van der Waals surface area contributed by atoms with Crippen LogP contribution in [-0.4, -0.2) is 57.3 Å². The second-order valence-electron chi connectivity index (χ2n) is 6.16. The van der Waals surface area contributed by atoms with Gasteiger partial charge >= 0.3 is 0 Å². The van der Waals surface area contributed by atoms with E-state index >= 15 is 0 Å². The van der Waals surface area contributed by atoms with Crippen molar-refractivity contribution in [2.24, 2.45) is 7.05 Å². The summed E-state index contributed by atoms with van der Waals surface area (Å²) in [5.74, 6) is 0.0449. The van der Waals surface area contributed by atoms with Gasteiger partial charge in [0.25, 0.3) is 11.8 Å². The Bertz CT molecular complexity index is 759. The van der Waals surface area contributed by atoms with Gasteiger partial charge in [-0.15, -0.1) is 0 Å². The van der Waals surface area contributed by atoms with E-state index in [1.807, 2.05) is 36.4 Å². The van der Waals surface area contributed by atoms with Gasteiger partial charge in [-0.05, 0) is 32.0 Å². The topological polar surface area (TPSA) is 58.4 Å². The van der Waals surface area contributed by atoms with E-state index in [4.69, 9.17) is 0 Å². The summed E-state index contributed by atoms with van der Waals surface area (Å²) in [6.45, 7) is 6.18. The molecule has 24 heavy (non-hydrogen) atoms. The van der Waals surface area contributed by atoms with Crippen LogP contribution in [0.4, 0.5) is 0 Å². The highest BCUT2D eigenvalue weighted by atomic mass is 16.2. The second kappa shape index (κ2) is 6.47. The lowest BCUT2D eigenvalue weighted by atomic mass is 10.1. The molecule has 0 atom stereocenters. The molecule has 0 aliphatic carbocycles. The Hall–Kier alpha value is -2.63. The van der Waals surface area contributed by atoms with Crippen molar-refractivity contribution < 1.29 is 9.59 Å². The van der Waals surface area contributed by atoms with E-state index < -0.39 is 0 Å². The van der Waals surface area contributed by atoms with Crippen LogP contribution >= 0.6 is 0 Å². The number of amides is 2. The summed E-state index contributed by atoms with van der Waals surface area (Å²) in [6, 6.07) is 5.37. The number of carbonyl (C=O) groups excluding carboxylic acids is 2. The number of pyridine rings is 1. The molecule has 2 aromatic rings. The van der Waals surface area contributed by atoms with Crippen molar-refractivity contribution in [3.8, 4) is 0 Å². The first-order chi connectivity index (χ1) is 11.5. The van der Waals surface area contributed by atoms with Crippen LogP contribution in [0, 0.1) is 13.8 Å². The van der Waals surface area contributed by atoms with E-state index in [9.17, 15) is 9.59 Å². The SMILES string of the molecule is Cc1cc(C(=O)N2CCN(C(=O)c3ccncc3)CC2)c(C)n1C. The molecule has 1 fully saturated rings. The van der Waals surface area contributed by atoms with E-state index in [0.29, 0.717) is 31.7 Å². The summed E-state index contributed by atoms with van der Waals surface area (Å²) >= 11 is 0. The molecule has 3 heterocycles. The molecule has 0 spiro atoms. The van der Waals surface area contributed by atoms with E-state index in [1.54, 1.807) is 29.4 Å². The standard InChI is InChI=1S/C18H22N4O2/c1-13-12-16(14(2)20(13)3)18(24)22-10-8-21(9-11-22)17(23)15-4-6-19-7-5-15/h4-7,12H,8-11H2,1-3H3. The third-order valence-electron chi connectivity index (χ3n) is 4.79. The maximum absolute atomic E-state index is 12.7. The lowest BCUT2D eigenvalue weighted by molar-refractivity contribution is 0.0535. The number of piperazine rings is 1. The lowest BCUT2D eigenvalue weighted by Crippen LogP contribution is -2.50. The fraction of sp³-hybridized carbons (Fsp3) is 0.389. The Labute approximate surface area is 141 Å². The fourth-order valence-electron chi connectivity index (χ4n) is 3.03. The normalized spacial score (nSPS) is 14.8. The van der Waals surface area contributed by atoms with Crippen molar-refractivity contribution in [3.63, 3.8) is 0 Å². The average molecular weight is 326 g/mol. The minimum atomic E-state index is -0.00349. The molecule has 3 rings (SSSR count). The van der Waals surface area contributed by atoms with Crippen molar-refractivity contribution in [1.82, 2.24) is 19.4 Å². The molecule has 2 aromatic heterocycles. The highest BCUT2D eigenvalue weighted by Gasteiger charge is 2.27. The van der Waals surface area contributed by atoms with Crippen molar-refractivity contribution in [2.45, 2.75) is 13.8 Å². The number of hydrogen-bond donors (Lipinski definition) is 0. The lowest BCUT2D eigenvalue weighted by Gasteiger charge is -2.34. The van der Waals surface area contributed by atoms with Gasteiger partial charge in [-0.1, -0.05) is 0 Å². The van der Waals surface area contributed by atoms with Crippen LogP contribution in [-0.2, 0) is 7.05 Å². The number of aryl methyl sites for hydroxylation is 1. The first-order valence-electron chi connectivity index (χ1n) is 8.10. The Morgan fingerprint density at radius 2 is 1.50 bits per heavy atom. The van der Waals surface area contributed by atoms with Crippen molar-refractivity contribution >= 4 is 11.8 Å². The molecule has 6 heteroatoms. The summed E-state index contributed by atoms with van der Waals surface area (Å²) in [5, 5.41) is 0. The van der Waals surface area contributed by atoms with Crippen LogP contribution in [0.15, 0.2) is 30.6 Å². The van der Waals surface area contributed by atoms with Crippen molar-refractivity contribution in [2.75, 3.05) is 26.2 Å². The molecule has 2 amide bonds. The molecule has 1 aliphatic heterocycles. The summed E-state index contributed by atoms with van der Waals surface area (Å²) in [5.41, 5.74) is 3.44. The van der Waals surface area contributed by atoms with Crippen LogP contribution < -0.4 is 0 Å². The Balaban J connectivity index is 1.65. The van der Waals surface area contributed by atoms with Crippen LogP contribution in [0.2, 0.25) is 0 Å². The first-order valence-corrected chi connectivity index (χ1v) is 8.10. The van der Waals surface area contributed by atoms with Gasteiger partial charge in [0.1, 0.15) is 0 Å².